The minimum atomic E-state index is -0.415. The molecule has 0 radical (unpaired) electrons. The maximum Gasteiger partial charge on any atom is 0.410 e. The van der Waals surface area contributed by atoms with Crippen LogP contribution in [0.3, 0.4) is 0 Å². The first kappa shape index (κ1) is 32.9. The third kappa shape index (κ3) is 8.78. The molecular weight excluding hydrogens is 568 g/mol. The summed E-state index contributed by atoms with van der Waals surface area (Å²) in [4.78, 5) is 51.4. The zero-order valence-electron chi connectivity index (χ0n) is 26.3. The number of rotatable bonds is 11. The number of fused-ring (bicyclic) bond motifs is 1. The van der Waals surface area contributed by atoms with Crippen molar-refractivity contribution in [3.8, 4) is 0 Å². The van der Waals surface area contributed by atoms with Gasteiger partial charge >= 0.3 is 6.09 Å². The van der Waals surface area contributed by atoms with E-state index in [9.17, 15) is 14.4 Å². The van der Waals surface area contributed by atoms with Crippen LogP contribution in [0.1, 0.15) is 67.9 Å². The Morgan fingerprint density at radius 1 is 1.13 bits per heavy atom. The summed E-state index contributed by atoms with van der Waals surface area (Å²) >= 11 is 0. The molecule has 0 spiro atoms. The van der Waals surface area contributed by atoms with Crippen LogP contribution in [0.15, 0.2) is 87.1 Å². The lowest BCUT2D eigenvalue weighted by atomic mass is 10.0. The number of hydrogen-bond acceptors (Lipinski definition) is 7. The largest absolute Gasteiger partial charge is 0.445 e. The lowest BCUT2D eigenvalue weighted by molar-refractivity contribution is -0.127. The topological polar surface area (TPSA) is 130 Å². The van der Waals surface area contributed by atoms with Crippen LogP contribution in [-0.2, 0) is 16.1 Å². The van der Waals surface area contributed by atoms with Crippen LogP contribution < -0.4 is 11.1 Å². The number of amidine groups is 1. The van der Waals surface area contributed by atoms with Gasteiger partial charge in [0.05, 0.1) is 12.2 Å². The first-order valence-electron chi connectivity index (χ1n) is 15.3. The van der Waals surface area contributed by atoms with Crippen molar-refractivity contribution in [1.29, 1.82) is 0 Å². The lowest BCUT2D eigenvalue weighted by Crippen LogP contribution is -2.37. The fourth-order valence-electron chi connectivity index (χ4n) is 5.33. The van der Waals surface area contributed by atoms with Crippen molar-refractivity contribution < 1.29 is 19.1 Å². The number of allylic oxidation sites excluding steroid dienone is 1. The highest BCUT2D eigenvalue weighted by Gasteiger charge is 2.24. The van der Waals surface area contributed by atoms with E-state index in [0.29, 0.717) is 54.4 Å². The Morgan fingerprint density at radius 3 is 2.56 bits per heavy atom. The molecule has 0 saturated carbocycles. The van der Waals surface area contributed by atoms with E-state index in [2.05, 4.69) is 22.0 Å². The van der Waals surface area contributed by atoms with E-state index in [-0.39, 0.29) is 31.4 Å². The summed E-state index contributed by atoms with van der Waals surface area (Å²) in [6.07, 6.45) is 5.71. The molecule has 2 heterocycles. The lowest BCUT2D eigenvalue weighted by Gasteiger charge is -2.28. The molecule has 0 atom stereocenters. The van der Waals surface area contributed by atoms with E-state index in [1.807, 2.05) is 55.2 Å². The van der Waals surface area contributed by atoms with Crippen LogP contribution in [0, 0.1) is 0 Å². The fourth-order valence-corrected chi connectivity index (χ4v) is 5.33. The summed E-state index contributed by atoms with van der Waals surface area (Å²) in [5, 5.41) is 2.92. The molecule has 4 rings (SSSR count). The highest BCUT2D eigenvalue weighted by molar-refractivity contribution is 6.06. The fraction of sp³-hybridized carbons (Fsp3) is 0.343. The van der Waals surface area contributed by atoms with Crippen molar-refractivity contribution in [3.05, 3.63) is 93.8 Å². The van der Waals surface area contributed by atoms with E-state index in [4.69, 9.17) is 10.5 Å². The number of nitrogens with zero attached hydrogens (tertiary/aromatic N) is 4. The highest BCUT2D eigenvalue weighted by Crippen LogP contribution is 2.29. The molecule has 3 N–H and O–H groups in total. The molecule has 2 aromatic carbocycles. The number of amides is 3. The van der Waals surface area contributed by atoms with Gasteiger partial charge in [0, 0.05) is 60.6 Å². The van der Waals surface area contributed by atoms with Crippen LogP contribution in [0.5, 0.6) is 0 Å². The number of nitrogens with two attached hydrogens (primary N) is 1. The first-order valence-corrected chi connectivity index (χ1v) is 15.3. The van der Waals surface area contributed by atoms with Crippen LogP contribution >= 0.6 is 0 Å². The molecule has 236 valence electrons. The Hall–Kier alpha value is -4.99. The zero-order valence-corrected chi connectivity index (χ0v) is 26.3. The molecule has 10 nitrogen and oxygen atoms in total. The van der Waals surface area contributed by atoms with E-state index in [0.717, 1.165) is 35.2 Å². The van der Waals surface area contributed by atoms with Gasteiger partial charge < -0.3 is 25.6 Å². The Balaban J connectivity index is 1.46. The monoisotopic (exact) mass is 610 g/mol. The van der Waals surface area contributed by atoms with Crippen LogP contribution in [0.25, 0.3) is 6.08 Å². The summed E-state index contributed by atoms with van der Waals surface area (Å²) in [6, 6.07) is 14.7. The zero-order chi connectivity index (χ0) is 32.3. The van der Waals surface area contributed by atoms with E-state index in [1.165, 1.54) is 0 Å². The molecule has 0 aromatic heterocycles. The maximum absolute atomic E-state index is 13.3. The molecule has 0 aliphatic carbocycles. The van der Waals surface area contributed by atoms with Gasteiger partial charge in [-0.3, -0.25) is 14.6 Å². The van der Waals surface area contributed by atoms with Crippen LogP contribution in [0.2, 0.25) is 0 Å². The van der Waals surface area contributed by atoms with Crippen LogP contribution in [0.4, 0.5) is 10.5 Å². The minimum Gasteiger partial charge on any atom is -0.445 e. The summed E-state index contributed by atoms with van der Waals surface area (Å²) < 4.78 is 5.51. The van der Waals surface area contributed by atoms with Crippen molar-refractivity contribution in [3.63, 3.8) is 0 Å². The molecule has 2 aliphatic rings. The smallest absolute Gasteiger partial charge is 0.410 e. The van der Waals surface area contributed by atoms with Gasteiger partial charge in [-0.15, -0.1) is 0 Å². The maximum atomic E-state index is 13.3. The Morgan fingerprint density at radius 2 is 1.87 bits per heavy atom. The Labute approximate surface area is 265 Å². The SMILES string of the molecule is C=NC1=C(/C=C(\C)NC(=O)c2ccc3c(c2)N=C(N)CC(C(=O)N(CCC)CCC)=C3)CN(C(=O)OCc2ccccc2)CC1. The van der Waals surface area contributed by atoms with Gasteiger partial charge in [0.25, 0.3) is 5.91 Å². The number of aliphatic imine (C=N–C) groups is 2. The summed E-state index contributed by atoms with van der Waals surface area (Å²) in [5.41, 5.74) is 11.5. The van der Waals surface area contributed by atoms with Gasteiger partial charge in [-0.05, 0) is 61.9 Å². The van der Waals surface area contributed by atoms with E-state index in [1.54, 1.807) is 36.1 Å². The molecule has 0 fully saturated rings. The first-order chi connectivity index (χ1) is 21.7. The summed E-state index contributed by atoms with van der Waals surface area (Å²) in [6.45, 7) is 11.8. The Kier molecular flexibility index (Phi) is 11.4. The molecule has 2 aliphatic heterocycles. The predicted octanol–water partition coefficient (Wildman–Crippen LogP) is 5.74. The van der Waals surface area contributed by atoms with Crippen molar-refractivity contribution >= 4 is 42.2 Å². The highest BCUT2D eigenvalue weighted by atomic mass is 16.6. The molecular formula is C35H42N6O4. The third-order valence-corrected chi connectivity index (χ3v) is 7.51. The average Bonchev–Trinajstić information content (AvgIpc) is 3.21. The van der Waals surface area contributed by atoms with E-state index < -0.39 is 6.09 Å². The van der Waals surface area contributed by atoms with E-state index >= 15 is 0 Å². The summed E-state index contributed by atoms with van der Waals surface area (Å²) in [5.74, 6) is -0.0539. The van der Waals surface area contributed by atoms with Crippen molar-refractivity contribution in [2.45, 2.75) is 53.1 Å². The average molecular weight is 611 g/mol. The van der Waals surface area contributed by atoms with Crippen molar-refractivity contribution in [1.82, 2.24) is 15.1 Å². The number of benzene rings is 2. The van der Waals surface area contributed by atoms with Gasteiger partial charge in [0.15, 0.2) is 0 Å². The number of nitrogens with one attached hydrogen (secondary N) is 1. The summed E-state index contributed by atoms with van der Waals surface area (Å²) in [7, 11) is 0. The van der Waals surface area contributed by atoms with Gasteiger partial charge in [-0.1, -0.05) is 50.2 Å². The third-order valence-electron chi connectivity index (χ3n) is 7.51. The van der Waals surface area contributed by atoms with Gasteiger partial charge in [0.1, 0.15) is 12.4 Å². The molecule has 45 heavy (non-hydrogen) atoms. The van der Waals surface area contributed by atoms with Crippen molar-refractivity contribution in [2.24, 2.45) is 15.7 Å². The minimum absolute atomic E-state index is 0.0410. The van der Waals surface area contributed by atoms with Gasteiger partial charge in [-0.25, -0.2) is 9.79 Å². The Bertz CT molecular complexity index is 1550. The van der Waals surface area contributed by atoms with Gasteiger partial charge in [-0.2, -0.15) is 0 Å². The van der Waals surface area contributed by atoms with Gasteiger partial charge in [0.2, 0.25) is 5.91 Å². The number of hydrogen-bond donors (Lipinski definition) is 2. The number of carbonyl (C=O) groups excluding carboxylic acids is 3. The van der Waals surface area contributed by atoms with Crippen LogP contribution in [-0.4, -0.2) is 66.4 Å². The predicted molar refractivity (Wildman–Crippen MR) is 178 cm³/mol. The molecule has 3 amide bonds. The molecule has 0 unspecified atom stereocenters. The quantitative estimate of drug-likeness (QED) is 0.314. The molecule has 10 heteroatoms. The second kappa shape index (κ2) is 15.7. The number of carbonyl (C=O) groups is 3. The second-order valence-corrected chi connectivity index (χ2v) is 11.1. The molecule has 0 saturated heterocycles. The molecule has 0 bridgehead atoms. The normalized spacial score (nSPS) is 14.9. The van der Waals surface area contributed by atoms with Crippen molar-refractivity contribution in [2.75, 3.05) is 26.2 Å². The molecule has 2 aromatic rings. The number of ether oxygens (including phenoxy) is 1. The second-order valence-electron chi connectivity index (χ2n) is 11.1. The standard InChI is InChI=1S/C35H42N6O4/c1-5-15-40(16-6-2)34(43)28-19-26-12-13-27(20-31(26)39-32(36)21-28)33(42)38-24(3)18-29-22-41(17-14-30(29)37-4)35(44)45-23-25-10-8-7-9-11-25/h7-13,18-20H,4-6,14-17,21-23H2,1-3H3,(H2,36,39)(H,38,42)/b24-18+.